The van der Waals surface area contributed by atoms with Gasteiger partial charge < -0.3 is 9.29 Å². The first-order valence-electron chi connectivity index (χ1n) is 6.69. The van der Waals surface area contributed by atoms with Crippen molar-refractivity contribution in [2.24, 2.45) is 0 Å². The number of carboxylic acid groups (broad SMARTS) is 1. The molecule has 126 valence electrons. The van der Waals surface area contributed by atoms with Crippen LogP contribution in [0.15, 0.2) is 47.4 Å². The van der Waals surface area contributed by atoms with Crippen LogP contribution in [0, 0.1) is 17.0 Å². The van der Waals surface area contributed by atoms with E-state index in [1.54, 1.807) is 19.1 Å². The third kappa shape index (κ3) is 4.07. The van der Waals surface area contributed by atoms with Gasteiger partial charge in [0.15, 0.2) is 0 Å². The maximum Gasteiger partial charge on any atom is 0.339 e. The number of nitro groups is 1. The summed E-state index contributed by atoms with van der Waals surface area (Å²) in [6, 6.07) is 9.11. The lowest BCUT2D eigenvalue weighted by molar-refractivity contribution is -0.385. The van der Waals surface area contributed by atoms with Crippen LogP contribution in [0.25, 0.3) is 0 Å². The summed E-state index contributed by atoms with van der Waals surface area (Å²) in [5.74, 6) is -1.64. The topological polar surface area (TPSA) is 124 Å². The number of benzene rings is 2. The van der Waals surface area contributed by atoms with E-state index in [1.165, 1.54) is 18.2 Å². The van der Waals surface area contributed by atoms with Crippen molar-refractivity contribution < 1.29 is 27.4 Å². The molecule has 1 N–H and O–H groups in total. The van der Waals surface area contributed by atoms with Gasteiger partial charge in [0.2, 0.25) is 5.75 Å². The quantitative estimate of drug-likeness (QED) is 0.481. The molecule has 0 amide bonds. The zero-order chi connectivity index (χ0) is 17.9. The summed E-state index contributed by atoms with van der Waals surface area (Å²) in [6.45, 7) is 1.78. The average Bonchev–Trinajstić information content (AvgIpc) is 2.48. The molecule has 9 heteroatoms. The molecule has 0 radical (unpaired) electrons. The fraction of sp³-hybridized carbons (Fsp3) is 0.133. The van der Waals surface area contributed by atoms with E-state index < -0.39 is 38.9 Å². The van der Waals surface area contributed by atoms with Gasteiger partial charge in [0.05, 0.1) is 11.3 Å². The number of hydrogen-bond donors (Lipinski definition) is 1. The summed E-state index contributed by atoms with van der Waals surface area (Å²) in [5.41, 5.74) is 0.386. The van der Waals surface area contributed by atoms with E-state index in [0.29, 0.717) is 0 Å². The Morgan fingerprint density at radius 2 is 1.83 bits per heavy atom. The summed E-state index contributed by atoms with van der Waals surface area (Å²) in [5, 5.41) is 19.8. The van der Waals surface area contributed by atoms with Crippen molar-refractivity contribution >= 4 is 21.8 Å². The largest absolute Gasteiger partial charge is 0.481 e. The van der Waals surface area contributed by atoms with Gasteiger partial charge in [-0.15, -0.1) is 0 Å². The van der Waals surface area contributed by atoms with E-state index in [4.69, 9.17) is 9.29 Å². The zero-order valence-corrected chi connectivity index (χ0v) is 13.3. The zero-order valence-electron chi connectivity index (χ0n) is 12.5. The van der Waals surface area contributed by atoms with Gasteiger partial charge in [-0.25, -0.2) is 0 Å². The van der Waals surface area contributed by atoms with Crippen molar-refractivity contribution in [3.05, 3.63) is 63.7 Å². The molecule has 0 fully saturated rings. The molecule has 0 aromatic heterocycles. The summed E-state index contributed by atoms with van der Waals surface area (Å²) < 4.78 is 29.3. The van der Waals surface area contributed by atoms with Gasteiger partial charge in [-0.2, -0.15) is 8.42 Å². The molecule has 8 nitrogen and oxygen atoms in total. The van der Waals surface area contributed by atoms with E-state index in [1.807, 2.05) is 0 Å². The number of nitro benzene ring substituents is 1. The van der Waals surface area contributed by atoms with Crippen LogP contribution in [0.5, 0.6) is 5.75 Å². The van der Waals surface area contributed by atoms with E-state index in [2.05, 4.69) is 0 Å². The predicted octanol–water partition coefficient (Wildman–Crippen LogP) is 2.30. The van der Waals surface area contributed by atoms with Crippen LogP contribution in [0.4, 0.5) is 5.69 Å². The molecule has 0 saturated heterocycles. The van der Waals surface area contributed by atoms with Gasteiger partial charge in [-0.3, -0.25) is 14.9 Å². The molecular formula is C15H13NO7S. The Balaban J connectivity index is 2.39. The monoisotopic (exact) mass is 351 g/mol. The molecule has 0 aliphatic heterocycles. The minimum absolute atomic E-state index is 0.142. The van der Waals surface area contributed by atoms with Crippen LogP contribution in [-0.4, -0.2) is 24.4 Å². The molecular weight excluding hydrogens is 338 g/mol. The third-order valence-corrected chi connectivity index (χ3v) is 4.33. The van der Waals surface area contributed by atoms with Crippen LogP contribution in [0.1, 0.15) is 11.1 Å². The highest BCUT2D eigenvalue weighted by Crippen LogP contribution is 2.31. The SMILES string of the molecule is Cc1ccc(S(=O)(=O)Oc2ccc(CC(=O)O)cc2[N+](=O)[O-])cc1. The van der Waals surface area contributed by atoms with Gasteiger partial charge in [-0.1, -0.05) is 23.8 Å². The molecule has 0 aliphatic carbocycles. The number of carbonyl (C=O) groups is 1. The number of nitrogens with zero attached hydrogens (tertiary/aromatic N) is 1. The normalized spacial score (nSPS) is 11.0. The molecule has 0 atom stereocenters. The van der Waals surface area contributed by atoms with Crippen molar-refractivity contribution in [3.63, 3.8) is 0 Å². The summed E-state index contributed by atoms with van der Waals surface area (Å²) in [6.07, 6.45) is -0.425. The Bertz CT molecular complexity index is 889. The van der Waals surface area contributed by atoms with Crippen LogP contribution < -0.4 is 4.18 Å². The Morgan fingerprint density at radius 3 is 2.38 bits per heavy atom. The Morgan fingerprint density at radius 1 is 1.21 bits per heavy atom. The Hall–Kier alpha value is -2.94. The molecule has 0 aliphatic rings. The van der Waals surface area contributed by atoms with Crippen molar-refractivity contribution in [1.29, 1.82) is 0 Å². The minimum atomic E-state index is -4.24. The third-order valence-electron chi connectivity index (χ3n) is 3.08. The molecule has 0 bridgehead atoms. The van der Waals surface area contributed by atoms with Crippen LogP contribution >= 0.6 is 0 Å². The maximum absolute atomic E-state index is 12.2. The van der Waals surface area contributed by atoms with Gasteiger partial charge in [0.25, 0.3) is 0 Å². The lowest BCUT2D eigenvalue weighted by atomic mass is 10.1. The maximum atomic E-state index is 12.2. The highest BCUT2D eigenvalue weighted by molar-refractivity contribution is 7.87. The number of aryl methyl sites for hydroxylation is 1. The van der Waals surface area contributed by atoms with E-state index in [9.17, 15) is 23.3 Å². The number of carboxylic acids is 1. The first-order chi connectivity index (χ1) is 11.2. The minimum Gasteiger partial charge on any atom is -0.481 e. The Kier molecular flexibility index (Phi) is 4.84. The molecule has 24 heavy (non-hydrogen) atoms. The van der Waals surface area contributed by atoms with E-state index in [-0.39, 0.29) is 10.5 Å². The van der Waals surface area contributed by atoms with Gasteiger partial charge >= 0.3 is 21.8 Å². The molecule has 2 aromatic carbocycles. The van der Waals surface area contributed by atoms with Crippen LogP contribution in [0.3, 0.4) is 0 Å². The average molecular weight is 351 g/mol. The summed E-state index contributed by atoms with van der Waals surface area (Å²) in [4.78, 5) is 20.8. The number of aliphatic carboxylic acids is 1. The first-order valence-corrected chi connectivity index (χ1v) is 8.10. The second kappa shape index (κ2) is 6.67. The predicted molar refractivity (Wildman–Crippen MR) is 83.4 cm³/mol. The van der Waals surface area contributed by atoms with Gasteiger partial charge in [-0.05, 0) is 30.7 Å². The fourth-order valence-corrected chi connectivity index (χ4v) is 2.87. The summed E-state index contributed by atoms with van der Waals surface area (Å²) >= 11 is 0. The lowest BCUT2D eigenvalue weighted by Crippen LogP contribution is -2.11. The van der Waals surface area contributed by atoms with Crippen molar-refractivity contribution in [3.8, 4) is 5.75 Å². The molecule has 2 aromatic rings. The molecule has 0 saturated carbocycles. The van der Waals surface area contributed by atoms with Crippen LogP contribution in [0.2, 0.25) is 0 Å². The number of hydrogen-bond acceptors (Lipinski definition) is 6. The van der Waals surface area contributed by atoms with Gasteiger partial charge in [0.1, 0.15) is 4.90 Å². The Labute approximate surface area is 137 Å². The van der Waals surface area contributed by atoms with Crippen molar-refractivity contribution in [1.82, 2.24) is 0 Å². The number of rotatable bonds is 6. The van der Waals surface area contributed by atoms with E-state index >= 15 is 0 Å². The second-order valence-electron chi connectivity index (χ2n) is 4.98. The second-order valence-corrected chi connectivity index (χ2v) is 6.53. The fourth-order valence-electron chi connectivity index (χ4n) is 1.93. The molecule has 0 unspecified atom stereocenters. The highest BCUT2D eigenvalue weighted by Gasteiger charge is 2.24. The molecule has 0 heterocycles. The first kappa shape index (κ1) is 17.4. The smallest absolute Gasteiger partial charge is 0.339 e. The lowest BCUT2D eigenvalue weighted by Gasteiger charge is -2.08. The highest BCUT2D eigenvalue weighted by atomic mass is 32.2. The van der Waals surface area contributed by atoms with Crippen molar-refractivity contribution in [2.45, 2.75) is 18.2 Å². The summed E-state index contributed by atoms with van der Waals surface area (Å²) in [7, 11) is -4.24. The molecule has 2 rings (SSSR count). The van der Waals surface area contributed by atoms with Crippen molar-refractivity contribution in [2.75, 3.05) is 0 Å². The van der Waals surface area contributed by atoms with Gasteiger partial charge in [0, 0.05) is 6.07 Å². The van der Waals surface area contributed by atoms with Crippen LogP contribution in [-0.2, 0) is 21.3 Å². The molecule has 0 spiro atoms. The van der Waals surface area contributed by atoms with E-state index in [0.717, 1.165) is 17.7 Å². The standard InChI is InChI=1S/C15H13NO7S/c1-10-2-5-12(6-3-10)24(21,22)23-14-7-4-11(9-15(17)18)8-13(14)16(19)20/h2-8H,9H2,1H3,(H,17,18).